The van der Waals surface area contributed by atoms with Gasteiger partial charge in [0.25, 0.3) is 5.91 Å². The zero-order valence-electron chi connectivity index (χ0n) is 12.0. The summed E-state index contributed by atoms with van der Waals surface area (Å²) in [5.41, 5.74) is 1.48. The first-order chi connectivity index (χ1) is 9.63. The van der Waals surface area contributed by atoms with E-state index >= 15 is 0 Å². The van der Waals surface area contributed by atoms with Crippen LogP contribution in [-0.4, -0.2) is 39.3 Å². The molecule has 0 saturated carbocycles. The molecule has 1 aliphatic rings. The maximum atomic E-state index is 12.1. The molecule has 0 aromatic heterocycles. The number of rotatable bonds is 5. The molecule has 0 bridgehead atoms. The Labute approximate surface area is 119 Å². The van der Waals surface area contributed by atoms with E-state index in [9.17, 15) is 4.79 Å². The quantitative estimate of drug-likeness (QED) is 0.848. The highest BCUT2D eigenvalue weighted by Gasteiger charge is 2.17. The predicted molar refractivity (Wildman–Crippen MR) is 78.0 cm³/mol. The number of hydrogen-bond donors (Lipinski definition) is 2. The number of amides is 1. The topological polar surface area (TPSA) is 59.6 Å². The van der Waals surface area contributed by atoms with Gasteiger partial charge in [-0.3, -0.25) is 4.79 Å². The summed E-state index contributed by atoms with van der Waals surface area (Å²) < 4.78 is 10.8. The summed E-state index contributed by atoms with van der Waals surface area (Å²) in [5, 5.41) is 5.95. The molecule has 2 N–H and O–H groups in total. The van der Waals surface area contributed by atoms with Gasteiger partial charge in [-0.15, -0.1) is 0 Å². The van der Waals surface area contributed by atoms with Gasteiger partial charge in [0, 0.05) is 18.2 Å². The molecule has 1 aromatic carbocycles. The first-order valence-corrected chi connectivity index (χ1v) is 6.61. The Bertz CT molecular complexity index is 526. The maximum absolute atomic E-state index is 12.1. The van der Waals surface area contributed by atoms with Gasteiger partial charge in [-0.1, -0.05) is 0 Å². The van der Waals surface area contributed by atoms with Crippen molar-refractivity contribution in [2.24, 2.45) is 0 Å². The standard InChI is InChI=1S/C15H20N2O3/c1-10(16-2)8-17-15(18)12-6-11-7-13(19-3)4-5-14(11)20-9-12/h4-7,10,16H,8-9H2,1-3H3,(H,17,18). The first kappa shape index (κ1) is 14.4. The molecule has 5 nitrogen and oxygen atoms in total. The fourth-order valence-corrected chi connectivity index (χ4v) is 1.88. The molecule has 0 radical (unpaired) electrons. The van der Waals surface area contributed by atoms with E-state index in [4.69, 9.17) is 9.47 Å². The number of benzene rings is 1. The van der Waals surface area contributed by atoms with Crippen molar-refractivity contribution in [1.29, 1.82) is 0 Å². The number of carbonyl (C=O) groups excluding carboxylic acids is 1. The summed E-state index contributed by atoms with van der Waals surface area (Å²) >= 11 is 0. The lowest BCUT2D eigenvalue weighted by Crippen LogP contribution is -2.38. The van der Waals surface area contributed by atoms with Crippen molar-refractivity contribution < 1.29 is 14.3 Å². The van der Waals surface area contributed by atoms with Gasteiger partial charge >= 0.3 is 0 Å². The monoisotopic (exact) mass is 276 g/mol. The molecule has 1 aliphatic heterocycles. The van der Waals surface area contributed by atoms with Gasteiger partial charge in [-0.2, -0.15) is 0 Å². The fourth-order valence-electron chi connectivity index (χ4n) is 1.88. The maximum Gasteiger partial charge on any atom is 0.250 e. The molecule has 20 heavy (non-hydrogen) atoms. The van der Waals surface area contributed by atoms with Crippen molar-refractivity contribution in [2.45, 2.75) is 13.0 Å². The molecule has 5 heteroatoms. The van der Waals surface area contributed by atoms with Crippen LogP contribution >= 0.6 is 0 Å². The van der Waals surface area contributed by atoms with Crippen LogP contribution in [-0.2, 0) is 4.79 Å². The first-order valence-electron chi connectivity index (χ1n) is 6.61. The van der Waals surface area contributed by atoms with Gasteiger partial charge in [0.05, 0.1) is 12.7 Å². The predicted octanol–water partition coefficient (Wildman–Crippen LogP) is 1.20. The van der Waals surface area contributed by atoms with Gasteiger partial charge in [-0.25, -0.2) is 0 Å². The Balaban J connectivity index is 2.09. The lowest BCUT2D eigenvalue weighted by atomic mass is 10.1. The van der Waals surface area contributed by atoms with E-state index < -0.39 is 0 Å². The van der Waals surface area contributed by atoms with Gasteiger partial charge in [0.15, 0.2) is 0 Å². The molecule has 1 heterocycles. The number of fused-ring (bicyclic) bond motifs is 1. The van der Waals surface area contributed by atoms with E-state index in [0.717, 1.165) is 17.1 Å². The van der Waals surface area contributed by atoms with Crippen LogP contribution in [0.4, 0.5) is 0 Å². The third-order valence-electron chi connectivity index (χ3n) is 3.28. The molecule has 1 aromatic rings. The Kier molecular flexibility index (Phi) is 4.63. The minimum absolute atomic E-state index is 0.0967. The van der Waals surface area contributed by atoms with Gasteiger partial charge in [-0.05, 0) is 38.2 Å². The molecule has 0 spiro atoms. The lowest BCUT2D eigenvalue weighted by Gasteiger charge is -2.19. The number of likely N-dealkylation sites (N-methyl/N-ethyl adjacent to an activating group) is 1. The molecule has 1 unspecified atom stereocenters. The zero-order valence-corrected chi connectivity index (χ0v) is 12.0. The molecule has 0 saturated heterocycles. The second-order valence-electron chi connectivity index (χ2n) is 4.76. The van der Waals surface area contributed by atoms with E-state index in [1.165, 1.54) is 0 Å². The third-order valence-corrected chi connectivity index (χ3v) is 3.28. The highest BCUT2D eigenvalue weighted by atomic mass is 16.5. The Morgan fingerprint density at radius 2 is 2.30 bits per heavy atom. The van der Waals surface area contributed by atoms with Crippen LogP contribution < -0.4 is 20.1 Å². The fraction of sp³-hybridized carbons (Fsp3) is 0.400. The van der Waals surface area contributed by atoms with Crippen LogP contribution in [0.25, 0.3) is 6.08 Å². The second kappa shape index (κ2) is 6.43. The number of hydrogen-bond acceptors (Lipinski definition) is 4. The number of nitrogens with one attached hydrogen (secondary N) is 2. The van der Waals surface area contributed by atoms with Crippen LogP contribution in [0.15, 0.2) is 23.8 Å². The number of carbonyl (C=O) groups is 1. The van der Waals surface area contributed by atoms with Gasteiger partial charge in [0.1, 0.15) is 18.1 Å². The minimum atomic E-state index is -0.0967. The van der Waals surface area contributed by atoms with E-state index in [2.05, 4.69) is 10.6 Å². The third kappa shape index (κ3) is 3.30. The summed E-state index contributed by atoms with van der Waals surface area (Å²) in [6.45, 7) is 2.88. The van der Waals surface area contributed by atoms with Crippen LogP contribution in [0.1, 0.15) is 12.5 Å². The number of methoxy groups -OCH3 is 1. The molecule has 1 amide bonds. The van der Waals surface area contributed by atoms with Crippen molar-refractivity contribution >= 4 is 12.0 Å². The normalized spacial score (nSPS) is 14.7. The van der Waals surface area contributed by atoms with E-state index in [1.54, 1.807) is 7.11 Å². The van der Waals surface area contributed by atoms with Crippen LogP contribution in [0.2, 0.25) is 0 Å². The summed E-state index contributed by atoms with van der Waals surface area (Å²) in [6.07, 6.45) is 1.85. The summed E-state index contributed by atoms with van der Waals surface area (Å²) in [7, 11) is 3.48. The highest BCUT2D eigenvalue weighted by molar-refractivity contribution is 5.99. The van der Waals surface area contributed by atoms with Crippen molar-refractivity contribution in [3.05, 3.63) is 29.3 Å². The van der Waals surface area contributed by atoms with Crippen molar-refractivity contribution in [1.82, 2.24) is 10.6 Å². The lowest BCUT2D eigenvalue weighted by molar-refractivity contribution is -0.117. The van der Waals surface area contributed by atoms with E-state index in [1.807, 2.05) is 38.2 Å². The summed E-state index contributed by atoms with van der Waals surface area (Å²) in [4.78, 5) is 12.1. The Morgan fingerprint density at radius 3 is 3.00 bits per heavy atom. The second-order valence-corrected chi connectivity index (χ2v) is 4.76. The smallest absolute Gasteiger partial charge is 0.250 e. The van der Waals surface area contributed by atoms with Crippen molar-refractivity contribution in [3.63, 3.8) is 0 Å². The van der Waals surface area contributed by atoms with E-state index in [0.29, 0.717) is 18.7 Å². The SMILES string of the molecule is CNC(C)CNC(=O)C1=Cc2cc(OC)ccc2OC1. The molecule has 0 aliphatic carbocycles. The molecule has 2 rings (SSSR count). The average Bonchev–Trinajstić information content (AvgIpc) is 2.50. The van der Waals surface area contributed by atoms with Crippen LogP contribution in [0.5, 0.6) is 11.5 Å². The molecular formula is C15H20N2O3. The van der Waals surface area contributed by atoms with Gasteiger partial charge < -0.3 is 20.1 Å². The highest BCUT2D eigenvalue weighted by Crippen LogP contribution is 2.29. The minimum Gasteiger partial charge on any atom is -0.497 e. The largest absolute Gasteiger partial charge is 0.497 e. The van der Waals surface area contributed by atoms with E-state index in [-0.39, 0.29) is 11.9 Å². The van der Waals surface area contributed by atoms with Gasteiger partial charge in [0.2, 0.25) is 0 Å². The van der Waals surface area contributed by atoms with Crippen LogP contribution in [0, 0.1) is 0 Å². The molecule has 1 atom stereocenters. The summed E-state index contributed by atoms with van der Waals surface area (Å²) in [5.74, 6) is 1.42. The Hall–Kier alpha value is -2.01. The summed E-state index contributed by atoms with van der Waals surface area (Å²) in [6, 6.07) is 5.78. The zero-order chi connectivity index (χ0) is 14.5. The van der Waals surface area contributed by atoms with Crippen molar-refractivity contribution in [3.8, 4) is 11.5 Å². The molecule has 0 fully saturated rings. The van der Waals surface area contributed by atoms with Crippen LogP contribution in [0.3, 0.4) is 0 Å². The Morgan fingerprint density at radius 1 is 1.50 bits per heavy atom. The average molecular weight is 276 g/mol. The molecular weight excluding hydrogens is 256 g/mol. The van der Waals surface area contributed by atoms with Crippen molar-refractivity contribution in [2.75, 3.05) is 27.3 Å². The number of ether oxygens (including phenoxy) is 2. The molecule has 108 valence electrons.